The number of amides is 1. The van der Waals surface area contributed by atoms with Crippen LogP contribution in [-0.4, -0.2) is 45.3 Å². The van der Waals surface area contributed by atoms with E-state index >= 15 is 0 Å². The summed E-state index contributed by atoms with van der Waals surface area (Å²) in [5, 5.41) is 5.68. The number of hydrogen-bond acceptors (Lipinski definition) is 4. The fourth-order valence-electron chi connectivity index (χ4n) is 0.922. The molecule has 0 aliphatic carbocycles. The molecule has 1 atom stereocenters. The highest BCUT2D eigenvalue weighted by molar-refractivity contribution is 5.78. The molecule has 13 heavy (non-hydrogen) atoms. The summed E-state index contributed by atoms with van der Waals surface area (Å²) in [6.45, 7) is 3.94. The number of nitrogens with two attached hydrogens (primary N) is 1. The lowest BCUT2D eigenvalue weighted by Crippen LogP contribution is -2.41. The van der Waals surface area contributed by atoms with Crippen LogP contribution in [0.25, 0.3) is 0 Å². The Morgan fingerprint density at radius 1 is 1.62 bits per heavy atom. The van der Waals surface area contributed by atoms with Gasteiger partial charge in [-0.15, -0.1) is 0 Å². The van der Waals surface area contributed by atoms with Crippen molar-refractivity contribution in [2.75, 3.05) is 33.4 Å². The van der Waals surface area contributed by atoms with Gasteiger partial charge in [0.25, 0.3) is 0 Å². The van der Waals surface area contributed by atoms with E-state index in [1.165, 1.54) is 0 Å². The van der Waals surface area contributed by atoms with Crippen LogP contribution in [0.2, 0.25) is 0 Å². The van der Waals surface area contributed by atoms with Crippen LogP contribution in [-0.2, 0) is 9.53 Å². The zero-order valence-corrected chi connectivity index (χ0v) is 8.30. The molecule has 0 aliphatic rings. The van der Waals surface area contributed by atoms with Crippen LogP contribution in [0, 0.1) is 0 Å². The third kappa shape index (κ3) is 7.70. The summed E-state index contributed by atoms with van der Waals surface area (Å²) < 4.78 is 4.88. The molecule has 0 saturated heterocycles. The molecule has 0 bridgehead atoms. The van der Waals surface area contributed by atoms with E-state index in [-0.39, 0.29) is 11.9 Å². The van der Waals surface area contributed by atoms with Crippen LogP contribution in [0.3, 0.4) is 0 Å². The van der Waals surface area contributed by atoms with Gasteiger partial charge in [0.2, 0.25) is 5.91 Å². The first-order valence-corrected chi connectivity index (χ1v) is 4.39. The highest BCUT2D eigenvalue weighted by Gasteiger charge is 2.05. The summed E-state index contributed by atoms with van der Waals surface area (Å²) in [6.07, 6.45) is 0. The summed E-state index contributed by atoms with van der Waals surface area (Å²) in [5.74, 6) is -0.0296. The summed E-state index contributed by atoms with van der Waals surface area (Å²) in [5.41, 5.74) is 5.25. The Hall–Kier alpha value is -0.650. The summed E-state index contributed by atoms with van der Waals surface area (Å²) >= 11 is 0. The summed E-state index contributed by atoms with van der Waals surface area (Å²) in [4.78, 5) is 11.1. The summed E-state index contributed by atoms with van der Waals surface area (Å²) in [6, 6.07) is 0.0529. The SMILES string of the molecule is COCC(C)NC(=O)CNCCN. The minimum Gasteiger partial charge on any atom is -0.383 e. The first-order chi connectivity index (χ1) is 6.20. The van der Waals surface area contributed by atoms with Gasteiger partial charge in [-0.2, -0.15) is 0 Å². The van der Waals surface area contributed by atoms with Gasteiger partial charge in [-0.05, 0) is 6.92 Å². The van der Waals surface area contributed by atoms with E-state index < -0.39 is 0 Å². The van der Waals surface area contributed by atoms with Crippen molar-refractivity contribution in [1.82, 2.24) is 10.6 Å². The smallest absolute Gasteiger partial charge is 0.234 e. The largest absolute Gasteiger partial charge is 0.383 e. The predicted octanol–water partition coefficient (Wildman–Crippen LogP) is -1.31. The second-order valence-electron chi connectivity index (χ2n) is 2.89. The van der Waals surface area contributed by atoms with Crippen molar-refractivity contribution >= 4 is 5.91 Å². The Morgan fingerprint density at radius 3 is 2.85 bits per heavy atom. The molecule has 78 valence electrons. The first kappa shape index (κ1) is 12.3. The van der Waals surface area contributed by atoms with Crippen molar-refractivity contribution in [3.63, 3.8) is 0 Å². The maximum absolute atomic E-state index is 11.1. The Labute approximate surface area is 79.0 Å². The Kier molecular flexibility index (Phi) is 7.57. The monoisotopic (exact) mass is 189 g/mol. The lowest BCUT2D eigenvalue weighted by molar-refractivity contribution is -0.121. The van der Waals surface area contributed by atoms with Crippen molar-refractivity contribution in [2.24, 2.45) is 5.73 Å². The minimum absolute atomic E-state index is 0.0296. The third-order valence-electron chi connectivity index (χ3n) is 1.43. The highest BCUT2D eigenvalue weighted by atomic mass is 16.5. The average Bonchev–Trinajstić information content (AvgIpc) is 2.05. The van der Waals surface area contributed by atoms with Crippen molar-refractivity contribution in [3.8, 4) is 0 Å². The molecule has 0 spiro atoms. The molecular formula is C8H19N3O2. The molecule has 0 radical (unpaired) electrons. The standard InChI is InChI=1S/C8H19N3O2/c1-7(6-13-2)11-8(12)5-10-4-3-9/h7,10H,3-6,9H2,1-2H3,(H,11,12). The van der Waals surface area contributed by atoms with Gasteiger partial charge in [-0.25, -0.2) is 0 Å². The van der Waals surface area contributed by atoms with Crippen LogP contribution in [0.15, 0.2) is 0 Å². The Balaban J connectivity index is 3.38. The van der Waals surface area contributed by atoms with Gasteiger partial charge in [-0.3, -0.25) is 4.79 Å². The molecule has 0 fully saturated rings. The number of carbonyl (C=O) groups is 1. The molecule has 0 rings (SSSR count). The second kappa shape index (κ2) is 7.97. The average molecular weight is 189 g/mol. The van der Waals surface area contributed by atoms with E-state index in [2.05, 4.69) is 10.6 Å². The zero-order chi connectivity index (χ0) is 10.1. The van der Waals surface area contributed by atoms with Gasteiger partial charge in [0.1, 0.15) is 0 Å². The molecule has 0 aromatic rings. The second-order valence-corrected chi connectivity index (χ2v) is 2.89. The molecule has 0 aliphatic heterocycles. The molecule has 5 heteroatoms. The molecule has 0 aromatic heterocycles. The third-order valence-corrected chi connectivity index (χ3v) is 1.43. The van der Waals surface area contributed by atoms with Crippen LogP contribution < -0.4 is 16.4 Å². The van der Waals surface area contributed by atoms with Crippen molar-refractivity contribution in [2.45, 2.75) is 13.0 Å². The fraction of sp³-hybridized carbons (Fsp3) is 0.875. The molecule has 1 unspecified atom stereocenters. The van der Waals surface area contributed by atoms with Gasteiger partial charge in [0.15, 0.2) is 0 Å². The quantitative estimate of drug-likeness (QED) is 0.434. The normalized spacial score (nSPS) is 12.5. The molecule has 4 N–H and O–H groups in total. The fourth-order valence-corrected chi connectivity index (χ4v) is 0.922. The van der Waals surface area contributed by atoms with Crippen LogP contribution in [0.5, 0.6) is 0 Å². The van der Waals surface area contributed by atoms with E-state index in [4.69, 9.17) is 10.5 Å². The Bertz CT molecular complexity index is 141. The zero-order valence-electron chi connectivity index (χ0n) is 8.30. The summed E-state index contributed by atoms with van der Waals surface area (Å²) in [7, 11) is 1.61. The van der Waals surface area contributed by atoms with Gasteiger partial charge < -0.3 is 21.1 Å². The Morgan fingerprint density at radius 2 is 2.31 bits per heavy atom. The number of hydrogen-bond donors (Lipinski definition) is 3. The van der Waals surface area contributed by atoms with Crippen molar-refractivity contribution in [3.05, 3.63) is 0 Å². The van der Waals surface area contributed by atoms with Crippen LogP contribution in [0.1, 0.15) is 6.92 Å². The molecule has 0 saturated carbocycles. The number of methoxy groups -OCH3 is 1. The number of carbonyl (C=O) groups excluding carboxylic acids is 1. The van der Waals surface area contributed by atoms with Gasteiger partial charge in [0.05, 0.1) is 13.2 Å². The maximum Gasteiger partial charge on any atom is 0.234 e. The van der Waals surface area contributed by atoms with Crippen LogP contribution in [0.4, 0.5) is 0 Å². The number of nitrogens with one attached hydrogen (secondary N) is 2. The van der Waals surface area contributed by atoms with Gasteiger partial charge in [0, 0.05) is 26.2 Å². The lowest BCUT2D eigenvalue weighted by Gasteiger charge is -2.12. The van der Waals surface area contributed by atoms with Gasteiger partial charge >= 0.3 is 0 Å². The lowest BCUT2D eigenvalue weighted by atomic mass is 10.3. The van der Waals surface area contributed by atoms with E-state index in [9.17, 15) is 4.79 Å². The highest BCUT2D eigenvalue weighted by Crippen LogP contribution is 1.81. The van der Waals surface area contributed by atoms with E-state index in [0.29, 0.717) is 26.2 Å². The number of ether oxygens (including phenoxy) is 1. The molecular weight excluding hydrogens is 170 g/mol. The van der Waals surface area contributed by atoms with Crippen LogP contribution >= 0.6 is 0 Å². The molecule has 1 amide bonds. The van der Waals surface area contributed by atoms with Crippen molar-refractivity contribution < 1.29 is 9.53 Å². The predicted molar refractivity (Wildman–Crippen MR) is 51.4 cm³/mol. The minimum atomic E-state index is -0.0296. The maximum atomic E-state index is 11.1. The van der Waals surface area contributed by atoms with E-state index in [0.717, 1.165) is 0 Å². The topological polar surface area (TPSA) is 76.4 Å². The van der Waals surface area contributed by atoms with Gasteiger partial charge in [-0.1, -0.05) is 0 Å². The first-order valence-electron chi connectivity index (χ1n) is 4.39. The van der Waals surface area contributed by atoms with Crippen molar-refractivity contribution in [1.29, 1.82) is 0 Å². The molecule has 0 aromatic carbocycles. The molecule has 5 nitrogen and oxygen atoms in total. The van der Waals surface area contributed by atoms with E-state index in [1.54, 1.807) is 7.11 Å². The number of rotatable bonds is 7. The van der Waals surface area contributed by atoms with E-state index in [1.807, 2.05) is 6.92 Å². The molecule has 0 heterocycles.